The molecule has 0 unspecified atom stereocenters. The molecule has 0 fully saturated rings. The van der Waals surface area contributed by atoms with E-state index in [0.717, 1.165) is 12.1 Å². The van der Waals surface area contributed by atoms with Crippen LogP contribution in [-0.2, 0) is 6.42 Å². The van der Waals surface area contributed by atoms with Crippen molar-refractivity contribution < 1.29 is 4.79 Å². The molecule has 16 heavy (non-hydrogen) atoms. The first-order valence-corrected chi connectivity index (χ1v) is 5.05. The van der Waals surface area contributed by atoms with E-state index in [1.165, 1.54) is 0 Å². The number of amides is 1. The molecule has 1 amide bonds. The summed E-state index contributed by atoms with van der Waals surface area (Å²) in [4.78, 5) is 15.6. The molecule has 2 heterocycles. The number of H-pyrrole nitrogens is 1. The molecule has 0 atom stereocenters. The predicted octanol–water partition coefficient (Wildman–Crippen LogP) is 1.62. The van der Waals surface area contributed by atoms with Crippen LogP contribution >= 0.6 is 0 Å². The van der Waals surface area contributed by atoms with Gasteiger partial charge >= 0.3 is 0 Å². The average Bonchev–Trinajstić information content (AvgIpc) is 2.79. The normalized spacial score (nSPS) is 10.1. The van der Waals surface area contributed by atoms with Crippen LogP contribution in [0.2, 0.25) is 0 Å². The van der Waals surface area contributed by atoms with Crippen LogP contribution in [0.4, 0.5) is 5.69 Å². The van der Waals surface area contributed by atoms with E-state index in [2.05, 4.69) is 20.5 Å². The number of nitrogens with one attached hydrogen (secondary N) is 2. The van der Waals surface area contributed by atoms with Crippen molar-refractivity contribution in [3.8, 4) is 0 Å². The Bertz CT molecular complexity index is 478. The summed E-state index contributed by atoms with van der Waals surface area (Å²) in [5, 5.41) is 9.46. The Morgan fingerprint density at radius 2 is 2.19 bits per heavy atom. The van der Waals surface area contributed by atoms with E-state index in [-0.39, 0.29) is 5.91 Å². The maximum atomic E-state index is 11.7. The molecule has 0 aliphatic carbocycles. The lowest BCUT2D eigenvalue weighted by Gasteiger charge is -2.00. The number of carbonyl (C=O) groups is 1. The van der Waals surface area contributed by atoms with Crippen LogP contribution in [0.1, 0.15) is 23.1 Å². The van der Waals surface area contributed by atoms with Crippen molar-refractivity contribution in [3.63, 3.8) is 0 Å². The van der Waals surface area contributed by atoms with E-state index in [1.54, 1.807) is 30.6 Å². The van der Waals surface area contributed by atoms with Crippen molar-refractivity contribution >= 4 is 11.6 Å². The van der Waals surface area contributed by atoms with E-state index < -0.39 is 0 Å². The molecule has 2 aromatic rings. The van der Waals surface area contributed by atoms with Gasteiger partial charge in [0.2, 0.25) is 0 Å². The van der Waals surface area contributed by atoms with Gasteiger partial charge in [0.15, 0.2) is 5.69 Å². The van der Waals surface area contributed by atoms with Gasteiger partial charge in [-0.25, -0.2) is 0 Å². The Balaban J connectivity index is 2.09. The van der Waals surface area contributed by atoms with Crippen molar-refractivity contribution in [3.05, 3.63) is 42.0 Å². The number of carbonyl (C=O) groups excluding carboxylic acids is 1. The number of nitrogens with zero attached hydrogens (tertiary/aromatic N) is 2. The minimum atomic E-state index is -0.220. The van der Waals surface area contributed by atoms with Gasteiger partial charge in [-0.05, 0) is 24.6 Å². The maximum Gasteiger partial charge on any atom is 0.276 e. The zero-order chi connectivity index (χ0) is 11.4. The highest BCUT2D eigenvalue weighted by Gasteiger charge is 2.09. The Morgan fingerprint density at radius 3 is 2.81 bits per heavy atom. The predicted molar refractivity (Wildman–Crippen MR) is 60.2 cm³/mol. The van der Waals surface area contributed by atoms with Gasteiger partial charge in [-0.1, -0.05) is 6.92 Å². The number of hydrogen-bond acceptors (Lipinski definition) is 3. The highest BCUT2D eigenvalue weighted by atomic mass is 16.1. The second-order valence-corrected chi connectivity index (χ2v) is 3.32. The van der Waals surface area contributed by atoms with Crippen molar-refractivity contribution in [2.45, 2.75) is 13.3 Å². The molecule has 5 heteroatoms. The zero-order valence-electron chi connectivity index (χ0n) is 8.90. The molecule has 82 valence electrons. The van der Waals surface area contributed by atoms with Crippen LogP contribution in [0.5, 0.6) is 0 Å². The summed E-state index contributed by atoms with van der Waals surface area (Å²) in [7, 11) is 0. The van der Waals surface area contributed by atoms with E-state index in [0.29, 0.717) is 11.4 Å². The summed E-state index contributed by atoms with van der Waals surface area (Å²) in [6.45, 7) is 2.00. The van der Waals surface area contributed by atoms with E-state index >= 15 is 0 Å². The van der Waals surface area contributed by atoms with E-state index in [1.807, 2.05) is 6.92 Å². The molecule has 2 N–H and O–H groups in total. The molecule has 0 aliphatic rings. The maximum absolute atomic E-state index is 11.7. The fourth-order valence-electron chi connectivity index (χ4n) is 1.29. The van der Waals surface area contributed by atoms with Gasteiger partial charge in [-0.15, -0.1) is 0 Å². The van der Waals surface area contributed by atoms with Gasteiger partial charge in [0.25, 0.3) is 5.91 Å². The Morgan fingerprint density at radius 1 is 1.44 bits per heavy atom. The first-order chi connectivity index (χ1) is 7.79. The number of pyridine rings is 1. The second kappa shape index (κ2) is 4.57. The molecule has 0 radical (unpaired) electrons. The van der Waals surface area contributed by atoms with Crippen LogP contribution < -0.4 is 5.32 Å². The van der Waals surface area contributed by atoms with Gasteiger partial charge in [0.05, 0.1) is 0 Å². The molecule has 0 bridgehead atoms. The van der Waals surface area contributed by atoms with Gasteiger partial charge in [-0.3, -0.25) is 14.9 Å². The molecule has 0 saturated heterocycles. The molecule has 0 aromatic carbocycles. The van der Waals surface area contributed by atoms with Crippen molar-refractivity contribution in [1.29, 1.82) is 0 Å². The first-order valence-electron chi connectivity index (χ1n) is 5.05. The second-order valence-electron chi connectivity index (χ2n) is 3.32. The lowest BCUT2D eigenvalue weighted by atomic mass is 10.3. The van der Waals surface area contributed by atoms with Crippen molar-refractivity contribution in [2.24, 2.45) is 0 Å². The smallest absolute Gasteiger partial charge is 0.276 e. The number of aromatic amines is 1. The van der Waals surface area contributed by atoms with E-state index in [4.69, 9.17) is 0 Å². The lowest BCUT2D eigenvalue weighted by Crippen LogP contribution is -2.12. The molecule has 0 spiro atoms. The fourth-order valence-corrected chi connectivity index (χ4v) is 1.29. The summed E-state index contributed by atoms with van der Waals surface area (Å²) in [5.41, 5.74) is 2.05. The van der Waals surface area contributed by atoms with Crippen molar-refractivity contribution in [2.75, 3.05) is 5.32 Å². The molecule has 5 nitrogen and oxygen atoms in total. The SMILES string of the molecule is CCc1cc(C(=O)Nc2ccncc2)n[nH]1. The van der Waals surface area contributed by atoms with Crippen LogP contribution in [0, 0.1) is 0 Å². The topological polar surface area (TPSA) is 70.7 Å². The van der Waals surface area contributed by atoms with Crippen LogP contribution in [-0.4, -0.2) is 21.1 Å². The number of aryl methyl sites for hydroxylation is 1. The largest absolute Gasteiger partial charge is 0.320 e. The summed E-state index contributed by atoms with van der Waals surface area (Å²) < 4.78 is 0. The highest BCUT2D eigenvalue weighted by Crippen LogP contribution is 2.07. The third kappa shape index (κ3) is 2.25. The van der Waals surface area contributed by atoms with E-state index in [9.17, 15) is 4.79 Å². The minimum absolute atomic E-state index is 0.220. The molecule has 2 aromatic heterocycles. The third-order valence-electron chi connectivity index (χ3n) is 2.18. The fraction of sp³-hybridized carbons (Fsp3) is 0.182. The molecule has 2 rings (SSSR count). The summed E-state index contributed by atoms with van der Waals surface area (Å²) >= 11 is 0. The average molecular weight is 216 g/mol. The zero-order valence-corrected chi connectivity index (χ0v) is 8.90. The van der Waals surface area contributed by atoms with Crippen LogP contribution in [0.25, 0.3) is 0 Å². The van der Waals surface area contributed by atoms with Gasteiger partial charge in [-0.2, -0.15) is 5.10 Å². The highest BCUT2D eigenvalue weighted by molar-refractivity contribution is 6.02. The van der Waals surface area contributed by atoms with Crippen LogP contribution in [0.15, 0.2) is 30.6 Å². The monoisotopic (exact) mass is 216 g/mol. The van der Waals surface area contributed by atoms with Crippen molar-refractivity contribution in [1.82, 2.24) is 15.2 Å². The number of aromatic nitrogens is 3. The van der Waals surface area contributed by atoms with Crippen LogP contribution in [0.3, 0.4) is 0 Å². The minimum Gasteiger partial charge on any atom is -0.320 e. The molecular weight excluding hydrogens is 204 g/mol. The Labute approximate surface area is 92.9 Å². The summed E-state index contributed by atoms with van der Waals surface area (Å²) in [6, 6.07) is 5.20. The quantitative estimate of drug-likeness (QED) is 0.819. The Kier molecular flexibility index (Phi) is 2.95. The number of anilines is 1. The molecule has 0 saturated carbocycles. The lowest BCUT2D eigenvalue weighted by molar-refractivity contribution is 0.102. The summed E-state index contributed by atoms with van der Waals surface area (Å²) in [5.74, 6) is -0.220. The summed E-state index contributed by atoms with van der Waals surface area (Å²) in [6.07, 6.45) is 4.07. The number of rotatable bonds is 3. The number of hydrogen-bond donors (Lipinski definition) is 2. The van der Waals surface area contributed by atoms with Gasteiger partial charge in [0.1, 0.15) is 0 Å². The standard InChI is InChI=1S/C11H12N4O/c1-2-8-7-10(15-14-8)11(16)13-9-3-5-12-6-4-9/h3-7H,2H2,1H3,(H,14,15)(H,12,13,16). The molecular formula is C11H12N4O. The van der Waals surface area contributed by atoms with Gasteiger partial charge in [0, 0.05) is 23.8 Å². The first kappa shape index (κ1) is 10.4. The van der Waals surface area contributed by atoms with Gasteiger partial charge < -0.3 is 5.32 Å². The molecule has 0 aliphatic heterocycles. The third-order valence-corrected chi connectivity index (χ3v) is 2.18. The Hall–Kier alpha value is -2.17.